The number of carbonyl (C=O) groups is 1. The summed E-state index contributed by atoms with van der Waals surface area (Å²) < 4.78 is 0. The van der Waals surface area contributed by atoms with Gasteiger partial charge in [-0.15, -0.1) is 0 Å². The molecule has 2 aromatic carbocycles. The lowest BCUT2D eigenvalue weighted by Crippen LogP contribution is -2.17. The molecule has 3 heteroatoms. The number of hydrogen-bond acceptors (Lipinski definition) is 1. The molecule has 0 spiro atoms. The Morgan fingerprint density at radius 3 is 2.55 bits per heavy atom. The standard InChI is InChI=1S/C17H18ClNO/c1-11(2)15-8-7-14(18)10-16(15)12-5-4-6-13(9-12)17(20)19-3/h4-11H,1-3H3,(H,19,20). The molecule has 0 saturated heterocycles. The van der Waals surface area contributed by atoms with Gasteiger partial charge in [0.25, 0.3) is 5.91 Å². The van der Waals surface area contributed by atoms with E-state index in [1.54, 1.807) is 7.05 Å². The van der Waals surface area contributed by atoms with Gasteiger partial charge in [0, 0.05) is 17.6 Å². The molecule has 2 nitrogen and oxygen atoms in total. The van der Waals surface area contributed by atoms with E-state index in [0.29, 0.717) is 16.5 Å². The molecule has 20 heavy (non-hydrogen) atoms. The van der Waals surface area contributed by atoms with Crippen molar-refractivity contribution < 1.29 is 4.79 Å². The van der Waals surface area contributed by atoms with E-state index in [1.807, 2.05) is 36.4 Å². The van der Waals surface area contributed by atoms with Crippen LogP contribution in [0, 0.1) is 0 Å². The Labute approximate surface area is 124 Å². The average Bonchev–Trinajstić information content (AvgIpc) is 2.46. The highest BCUT2D eigenvalue weighted by Crippen LogP contribution is 2.32. The minimum atomic E-state index is -0.0834. The Kier molecular flexibility index (Phi) is 4.46. The molecule has 104 valence electrons. The molecule has 1 amide bonds. The Bertz CT molecular complexity index is 635. The van der Waals surface area contributed by atoms with E-state index >= 15 is 0 Å². The van der Waals surface area contributed by atoms with E-state index in [4.69, 9.17) is 11.6 Å². The number of rotatable bonds is 3. The summed E-state index contributed by atoms with van der Waals surface area (Å²) in [4.78, 5) is 11.7. The number of benzene rings is 2. The molecule has 0 aliphatic carbocycles. The van der Waals surface area contributed by atoms with Crippen molar-refractivity contribution in [1.29, 1.82) is 0 Å². The molecule has 0 saturated carbocycles. The molecule has 0 aliphatic heterocycles. The molecular weight excluding hydrogens is 270 g/mol. The Morgan fingerprint density at radius 1 is 1.15 bits per heavy atom. The smallest absolute Gasteiger partial charge is 0.251 e. The van der Waals surface area contributed by atoms with Gasteiger partial charge in [0.2, 0.25) is 0 Å². The maximum Gasteiger partial charge on any atom is 0.251 e. The number of amides is 1. The van der Waals surface area contributed by atoms with Gasteiger partial charge in [-0.05, 0) is 46.9 Å². The third-order valence-corrected chi connectivity index (χ3v) is 3.54. The molecule has 0 unspecified atom stereocenters. The zero-order valence-corrected chi connectivity index (χ0v) is 12.7. The molecule has 2 rings (SSSR count). The topological polar surface area (TPSA) is 29.1 Å². The molecule has 0 fully saturated rings. The number of carbonyl (C=O) groups excluding carboxylic acids is 1. The lowest BCUT2D eigenvalue weighted by Gasteiger charge is -2.14. The molecule has 0 heterocycles. The first-order valence-electron chi connectivity index (χ1n) is 6.65. The van der Waals surface area contributed by atoms with Crippen molar-refractivity contribution in [3.8, 4) is 11.1 Å². The number of nitrogens with one attached hydrogen (secondary N) is 1. The van der Waals surface area contributed by atoms with Gasteiger partial charge in [0.15, 0.2) is 0 Å². The van der Waals surface area contributed by atoms with Gasteiger partial charge >= 0.3 is 0 Å². The van der Waals surface area contributed by atoms with E-state index in [-0.39, 0.29) is 5.91 Å². The molecule has 2 aromatic rings. The van der Waals surface area contributed by atoms with E-state index < -0.39 is 0 Å². The minimum absolute atomic E-state index is 0.0834. The van der Waals surface area contributed by atoms with Crippen LogP contribution in [0.2, 0.25) is 5.02 Å². The molecule has 0 atom stereocenters. The van der Waals surface area contributed by atoms with Gasteiger partial charge in [-0.1, -0.05) is 43.6 Å². The van der Waals surface area contributed by atoms with Gasteiger partial charge in [0.05, 0.1) is 0 Å². The first-order valence-corrected chi connectivity index (χ1v) is 7.02. The monoisotopic (exact) mass is 287 g/mol. The lowest BCUT2D eigenvalue weighted by atomic mass is 9.92. The predicted octanol–water partition coefficient (Wildman–Crippen LogP) is 4.49. The molecule has 0 bridgehead atoms. The zero-order chi connectivity index (χ0) is 14.7. The highest BCUT2D eigenvalue weighted by atomic mass is 35.5. The highest BCUT2D eigenvalue weighted by molar-refractivity contribution is 6.30. The van der Waals surface area contributed by atoms with Crippen LogP contribution in [0.3, 0.4) is 0 Å². The number of halogens is 1. The minimum Gasteiger partial charge on any atom is -0.355 e. The Morgan fingerprint density at radius 2 is 1.90 bits per heavy atom. The van der Waals surface area contributed by atoms with Crippen molar-refractivity contribution in [3.05, 3.63) is 58.6 Å². The van der Waals surface area contributed by atoms with Crippen LogP contribution in [0.5, 0.6) is 0 Å². The van der Waals surface area contributed by atoms with E-state index in [2.05, 4.69) is 25.2 Å². The second kappa shape index (κ2) is 6.10. The summed E-state index contributed by atoms with van der Waals surface area (Å²) >= 11 is 6.12. The zero-order valence-electron chi connectivity index (χ0n) is 11.9. The normalized spacial score (nSPS) is 10.7. The Hall–Kier alpha value is -1.80. The van der Waals surface area contributed by atoms with Gasteiger partial charge in [-0.2, -0.15) is 0 Å². The second-order valence-electron chi connectivity index (χ2n) is 5.05. The van der Waals surface area contributed by atoms with Crippen LogP contribution in [-0.2, 0) is 0 Å². The van der Waals surface area contributed by atoms with Crippen LogP contribution >= 0.6 is 11.6 Å². The van der Waals surface area contributed by atoms with E-state index in [1.165, 1.54) is 5.56 Å². The van der Waals surface area contributed by atoms with Crippen molar-refractivity contribution in [2.75, 3.05) is 7.05 Å². The van der Waals surface area contributed by atoms with Crippen LogP contribution in [0.15, 0.2) is 42.5 Å². The quantitative estimate of drug-likeness (QED) is 0.885. The maximum absolute atomic E-state index is 11.7. The van der Waals surface area contributed by atoms with Crippen molar-refractivity contribution in [2.24, 2.45) is 0 Å². The summed E-state index contributed by atoms with van der Waals surface area (Å²) in [6, 6.07) is 13.5. The van der Waals surface area contributed by atoms with Gasteiger partial charge in [0.1, 0.15) is 0 Å². The Balaban J connectivity index is 2.56. The predicted molar refractivity (Wildman–Crippen MR) is 84.4 cm³/mol. The summed E-state index contributed by atoms with van der Waals surface area (Å²) in [7, 11) is 1.63. The summed E-state index contributed by atoms with van der Waals surface area (Å²) in [6.45, 7) is 4.30. The van der Waals surface area contributed by atoms with Crippen LogP contribution in [0.1, 0.15) is 35.7 Å². The fourth-order valence-electron chi connectivity index (χ4n) is 2.25. The van der Waals surface area contributed by atoms with E-state index in [0.717, 1.165) is 11.1 Å². The molecule has 1 N–H and O–H groups in total. The first kappa shape index (κ1) is 14.6. The first-order chi connectivity index (χ1) is 9.52. The molecular formula is C17H18ClNO. The van der Waals surface area contributed by atoms with Crippen molar-refractivity contribution in [2.45, 2.75) is 19.8 Å². The van der Waals surface area contributed by atoms with Crippen molar-refractivity contribution in [3.63, 3.8) is 0 Å². The van der Waals surface area contributed by atoms with Crippen molar-refractivity contribution in [1.82, 2.24) is 5.32 Å². The van der Waals surface area contributed by atoms with E-state index in [9.17, 15) is 4.79 Å². The SMILES string of the molecule is CNC(=O)c1cccc(-c2cc(Cl)ccc2C(C)C)c1. The van der Waals surface area contributed by atoms with Gasteiger partial charge < -0.3 is 5.32 Å². The molecule has 0 aliphatic rings. The fraction of sp³-hybridized carbons (Fsp3) is 0.235. The number of hydrogen-bond donors (Lipinski definition) is 1. The fourth-order valence-corrected chi connectivity index (χ4v) is 2.43. The van der Waals surface area contributed by atoms with Crippen LogP contribution in [0.25, 0.3) is 11.1 Å². The summed E-state index contributed by atoms with van der Waals surface area (Å²) in [6.07, 6.45) is 0. The third-order valence-electron chi connectivity index (χ3n) is 3.30. The maximum atomic E-state index is 11.7. The summed E-state index contributed by atoms with van der Waals surface area (Å²) in [5.41, 5.74) is 3.97. The van der Waals surface area contributed by atoms with Crippen LogP contribution in [0.4, 0.5) is 0 Å². The summed E-state index contributed by atoms with van der Waals surface area (Å²) in [5.74, 6) is 0.311. The molecule has 0 radical (unpaired) electrons. The largest absolute Gasteiger partial charge is 0.355 e. The highest BCUT2D eigenvalue weighted by Gasteiger charge is 2.11. The second-order valence-corrected chi connectivity index (χ2v) is 5.48. The van der Waals surface area contributed by atoms with Crippen LogP contribution < -0.4 is 5.32 Å². The average molecular weight is 288 g/mol. The lowest BCUT2D eigenvalue weighted by molar-refractivity contribution is 0.0963. The summed E-state index contributed by atoms with van der Waals surface area (Å²) in [5, 5.41) is 3.35. The third kappa shape index (κ3) is 3.02. The van der Waals surface area contributed by atoms with Crippen molar-refractivity contribution >= 4 is 17.5 Å². The molecule has 0 aromatic heterocycles. The van der Waals surface area contributed by atoms with Gasteiger partial charge in [-0.25, -0.2) is 0 Å². The van der Waals surface area contributed by atoms with Gasteiger partial charge in [-0.3, -0.25) is 4.79 Å². The van der Waals surface area contributed by atoms with Crippen LogP contribution in [-0.4, -0.2) is 13.0 Å².